The third-order valence-electron chi connectivity index (χ3n) is 5.58. The first kappa shape index (κ1) is 20.0. The summed E-state index contributed by atoms with van der Waals surface area (Å²) in [4.78, 5) is 5.23. The van der Waals surface area contributed by atoms with E-state index in [0.29, 0.717) is 15.8 Å². The van der Waals surface area contributed by atoms with Crippen molar-refractivity contribution in [2.45, 2.75) is 23.7 Å². The second-order valence-corrected chi connectivity index (χ2v) is 10.4. The van der Waals surface area contributed by atoms with E-state index in [4.69, 9.17) is 16.6 Å². The maximum Gasteiger partial charge on any atom is 0.175 e. The summed E-state index contributed by atoms with van der Waals surface area (Å²) in [6, 6.07) is 22.8. The number of rotatable bonds is 5. The molecule has 0 radical (unpaired) electrons. The molecule has 156 valence electrons. The Bertz CT molecular complexity index is 1370. The van der Waals surface area contributed by atoms with Crippen molar-refractivity contribution in [3.05, 3.63) is 89.7 Å². The summed E-state index contributed by atoms with van der Waals surface area (Å²) in [7, 11) is -3.25. The van der Waals surface area contributed by atoms with Gasteiger partial charge in [0.1, 0.15) is 5.82 Å². The molecule has 1 aromatic heterocycles. The van der Waals surface area contributed by atoms with Crippen LogP contribution in [0.15, 0.2) is 83.9 Å². The van der Waals surface area contributed by atoms with Crippen molar-refractivity contribution in [1.82, 2.24) is 9.55 Å². The summed E-state index contributed by atoms with van der Waals surface area (Å²) in [6.07, 6.45) is 5.68. The quantitative estimate of drug-likeness (QED) is 0.368. The van der Waals surface area contributed by atoms with E-state index in [-0.39, 0.29) is 0 Å². The summed E-state index contributed by atoms with van der Waals surface area (Å²) < 4.78 is 25.9. The first-order valence-corrected chi connectivity index (χ1v) is 12.4. The second-order valence-electron chi connectivity index (χ2n) is 7.96. The third-order valence-corrected chi connectivity index (χ3v) is 7.02. The van der Waals surface area contributed by atoms with Crippen LogP contribution in [0.1, 0.15) is 24.5 Å². The molecule has 3 aromatic carbocycles. The summed E-state index contributed by atoms with van der Waals surface area (Å²) in [5.74, 6) is 1.36. The molecule has 0 aliphatic heterocycles. The molecule has 0 bridgehead atoms. The zero-order valence-electron chi connectivity index (χ0n) is 17.0. The first-order chi connectivity index (χ1) is 14.9. The minimum atomic E-state index is -3.25. The fourth-order valence-corrected chi connectivity index (χ4v) is 4.61. The van der Waals surface area contributed by atoms with Crippen LogP contribution >= 0.6 is 11.6 Å². The molecule has 1 aliphatic carbocycles. The Balaban J connectivity index is 1.56. The lowest BCUT2D eigenvalue weighted by Crippen LogP contribution is -1.98. The number of halogens is 1. The van der Waals surface area contributed by atoms with E-state index in [9.17, 15) is 8.42 Å². The number of nitrogens with zero attached hydrogens (tertiary/aromatic N) is 2. The van der Waals surface area contributed by atoms with Gasteiger partial charge in [-0.05, 0) is 60.4 Å². The van der Waals surface area contributed by atoms with Crippen LogP contribution in [0.4, 0.5) is 0 Å². The lowest BCUT2D eigenvalue weighted by Gasteiger charge is -2.10. The van der Waals surface area contributed by atoms with E-state index < -0.39 is 9.84 Å². The number of imidazole rings is 1. The largest absolute Gasteiger partial charge is 0.299 e. The predicted molar refractivity (Wildman–Crippen MR) is 125 cm³/mol. The molecule has 0 spiro atoms. The molecule has 31 heavy (non-hydrogen) atoms. The van der Waals surface area contributed by atoms with Gasteiger partial charge >= 0.3 is 0 Å². The lowest BCUT2D eigenvalue weighted by atomic mass is 10.1. The van der Waals surface area contributed by atoms with Crippen LogP contribution in [0.5, 0.6) is 0 Å². The van der Waals surface area contributed by atoms with Gasteiger partial charge in [0.05, 0.1) is 15.6 Å². The standard InChI is InChI=1S/C25H21ClN2O2S/c1-31(29,30)21-6-4-5-19(15-21)17-11-13-20(14-12-17)28-16-24(18-9-10-18)27-25(28)22-7-2-3-8-23(22)26/h2-8,11-16,18H,9-10H2,1H3. The fraction of sp³-hybridized carbons (Fsp3) is 0.160. The molecular weight excluding hydrogens is 428 g/mol. The Kier molecular flexibility index (Phi) is 4.95. The Hall–Kier alpha value is -2.89. The third kappa shape index (κ3) is 4.03. The number of hydrogen-bond donors (Lipinski definition) is 0. The van der Waals surface area contributed by atoms with E-state index >= 15 is 0 Å². The highest BCUT2D eigenvalue weighted by Gasteiger charge is 2.28. The van der Waals surface area contributed by atoms with Crippen molar-refractivity contribution in [3.63, 3.8) is 0 Å². The average molecular weight is 449 g/mol. The summed E-state index contributed by atoms with van der Waals surface area (Å²) in [5, 5.41) is 0.672. The number of benzene rings is 3. The summed E-state index contributed by atoms with van der Waals surface area (Å²) >= 11 is 6.48. The lowest BCUT2D eigenvalue weighted by molar-refractivity contribution is 0.602. The van der Waals surface area contributed by atoms with Gasteiger partial charge in [-0.15, -0.1) is 0 Å². The highest BCUT2D eigenvalue weighted by atomic mass is 35.5. The number of hydrogen-bond acceptors (Lipinski definition) is 3. The van der Waals surface area contributed by atoms with Crippen LogP contribution in [-0.2, 0) is 9.84 Å². The zero-order chi connectivity index (χ0) is 21.6. The average Bonchev–Trinajstić information content (AvgIpc) is 3.53. The van der Waals surface area contributed by atoms with E-state index in [0.717, 1.165) is 33.9 Å². The van der Waals surface area contributed by atoms with Gasteiger partial charge in [0.25, 0.3) is 0 Å². The molecule has 1 aliphatic rings. The van der Waals surface area contributed by atoms with Crippen LogP contribution in [0.25, 0.3) is 28.2 Å². The van der Waals surface area contributed by atoms with Crippen LogP contribution in [0, 0.1) is 0 Å². The van der Waals surface area contributed by atoms with E-state index in [2.05, 4.69) is 10.8 Å². The highest BCUT2D eigenvalue weighted by molar-refractivity contribution is 7.90. The van der Waals surface area contributed by atoms with Crippen molar-refractivity contribution in [3.8, 4) is 28.2 Å². The monoisotopic (exact) mass is 448 g/mol. The summed E-state index contributed by atoms with van der Waals surface area (Å²) in [5.41, 5.74) is 4.80. The Morgan fingerprint density at radius 1 is 0.935 bits per heavy atom. The van der Waals surface area contributed by atoms with Gasteiger partial charge in [0.2, 0.25) is 0 Å². The molecule has 0 unspecified atom stereocenters. The molecule has 0 amide bonds. The van der Waals surface area contributed by atoms with Crippen LogP contribution in [0.2, 0.25) is 5.02 Å². The minimum absolute atomic E-state index is 0.318. The molecular formula is C25H21ClN2O2S. The van der Waals surface area contributed by atoms with Gasteiger partial charge in [0, 0.05) is 29.6 Å². The predicted octanol–water partition coefficient (Wildman–Crippen LogP) is 6.14. The van der Waals surface area contributed by atoms with Gasteiger partial charge < -0.3 is 0 Å². The molecule has 4 aromatic rings. The van der Waals surface area contributed by atoms with Crippen LogP contribution in [-0.4, -0.2) is 24.2 Å². The van der Waals surface area contributed by atoms with E-state index in [1.165, 1.54) is 19.1 Å². The van der Waals surface area contributed by atoms with Crippen molar-refractivity contribution >= 4 is 21.4 Å². The van der Waals surface area contributed by atoms with Crippen molar-refractivity contribution in [2.75, 3.05) is 6.26 Å². The maximum atomic E-state index is 11.9. The first-order valence-electron chi connectivity index (χ1n) is 10.2. The molecule has 4 nitrogen and oxygen atoms in total. The topological polar surface area (TPSA) is 52.0 Å². The molecule has 1 fully saturated rings. The minimum Gasteiger partial charge on any atom is -0.299 e. The normalized spacial score (nSPS) is 14.0. The van der Waals surface area contributed by atoms with E-state index in [1.54, 1.807) is 18.2 Å². The van der Waals surface area contributed by atoms with Crippen molar-refractivity contribution in [1.29, 1.82) is 0 Å². The Morgan fingerprint density at radius 2 is 1.68 bits per heavy atom. The maximum absolute atomic E-state index is 11.9. The van der Waals surface area contributed by atoms with Gasteiger partial charge in [0.15, 0.2) is 9.84 Å². The Morgan fingerprint density at radius 3 is 2.35 bits per heavy atom. The molecule has 0 saturated heterocycles. The smallest absolute Gasteiger partial charge is 0.175 e. The van der Waals surface area contributed by atoms with Gasteiger partial charge in [-0.3, -0.25) is 4.57 Å². The van der Waals surface area contributed by atoms with Gasteiger partial charge in [-0.1, -0.05) is 48.0 Å². The SMILES string of the molecule is CS(=O)(=O)c1cccc(-c2ccc(-n3cc(C4CC4)nc3-c3ccccc3Cl)cc2)c1. The molecule has 1 saturated carbocycles. The molecule has 1 heterocycles. The molecule has 0 atom stereocenters. The van der Waals surface area contributed by atoms with Crippen LogP contribution in [0.3, 0.4) is 0 Å². The highest BCUT2D eigenvalue weighted by Crippen LogP contribution is 2.41. The van der Waals surface area contributed by atoms with Crippen molar-refractivity contribution < 1.29 is 8.42 Å². The zero-order valence-corrected chi connectivity index (χ0v) is 18.6. The summed E-state index contributed by atoms with van der Waals surface area (Å²) in [6.45, 7) is 0. The molecule has 6 heteroatoms. The van der Waals surface area contributed by atoms with Gasteiger partial charge in [-0.2, -0.15) is 0 Å². The van der Waals surface area contributed by atoms with Crippen LogP contribution < -0.4 is 0 Å². The van der Waals surface area contributed by atoms with E-state index in [1.807, 2.05) is 54.6 Å². The molecule has 0 N–H and O–H groups in total. The Labute approximate surface area is 187 Å². The number of sulfone groups is 1. The molecule has 5 rings (SSSR count). The van der Waals surface area contributed by atoms with Crippen molar-refractivity contribution in [2.24, 2.45) is 0 Å². The fourth-order valence-electron chi connectivity index (χ4n) is 3.72. The van der Waals surface area contributed by atoms with Gasteiger partial charge in [-0.25, -0.2) is 13.4 Å². The second kappa shape index (κ2) is 7.66. The number of aromatic nitrogens is 2.